The van der Waals surface area contributed by atoms with E-state index in [2.05, 4.69) is 40.0 Å². The molecule has 31 heavy (non-hydrogen) atoms. The number of benzene rings is 2. The van der Waals surface area contributed by atoms with Crippen LogP contribution >= 0.6 is 0 Å². The molecule has 1 aromatic heterocycles. The first-order valence-electron chi connectivity index (χ1n) is 10.7. The van der Waals surface area contributed by atoms with Crippen molar-refractivity contribution in [2.45, 2.75) is 26.7 Å². The van der Waals surface area contributed by atoms with Gasteiger partial charge in [0.15, 0.2) is 0 Å². The second-order valence-electron chi connectivity index (χ2n) is 7.88. The molecule has 0 saturated carbocycles. The van der Waals surface area contributed by atoms with Crippen molar-refractivity contribution in [2.75, 3.05) is 31.1 Å². The van der Waals surface area contributed by atoms with Crippen LogP contribution in [0.25, 0.3) is 0 Å². The minimum atomic E-state index is 0.216. The number of rotatable bonds is 6. The van der Waals surface area contributed by atoms with Gasteiger partial charge in [0.2, 0.25) is 11.8 Å². The maximum atomic E-state index is 12.7. The minimum Gasteiger partial charge on any atom is -0.439 e. The van der Waals surface area contributed by atoms with Crippen LogP contribution in [0.15, 0.2) is 60.7 Å². The van der Waals surface area contributed by atoms with E-state index >= 15 is 0 Å². The van der Waals surface area contributed by atoms with E-state index in [1.807, 2.05) is 54.3 Å². The van der Waals surface area contributed by atoms with Crippen LogP contribution in [0.1, 0.15) is 23.4 Å². The molecule has 1 aliphatic rings. The molecule has 1 saturated heterocycles. The van der Waals surface area contributed by atoms with Crippen LogP contribution in [0.2, 0.25) is 0 Å². The molecule has 1 aliphatic heterocycles. The first-order chi connectivity index (χ1) is 15.1. The standard InChI is InChI=1S/C25H28N4O2/c1-19-7-6-8-21(17-19)11-12-25(30)29-15-13-28(14-16-29)23-18-24(27-20(2)26-23)31-22-9-4-3-5-10-22/h3-10,17-18H,11-16H2,1-2H3. The highest BCUT2D eigenvalue weighted by atomic mass is 16.5. The number of nitrogens with zero attached hydrogens (tertiary/aromatic N) is 4. The van der Waals surface area contributed by atoms with Gasteiger partial charge in [-0.15, -0.1) is 0 Å². The summed E-state index contributed by atoms with van der Waals surface area (Å²) in [4.78, 5) is 25.8. The summed E-state index contributed by atoms with van der Waals surface area (Å²) in [6, 6.07) is 19.8. The number of piperazine rings is 1. The Hall–Kier alpha value is -3.41. The highest BCUT2D eigenvalue weighted by Crippen LogP contribution is 2.24. The number of carbonyl (C=O) groups excluding carboxylic acids is 1. The van der Waals surface area contributed by atoms with Gasteiger partial charge in [-0.3, -0.25) is 4.79 Å². The van der Waals surface area contributed by atoms with E-state index in [0.717, 1.165) is 31.1 Å². The summed E-state index contributed by atoms with van der Waals surface area (Å²) in [6.45, 7) is 6.84. The zero-order valence-corrected chi connectivity index (χ0v) is 18.1. The third-order valence-corrected chi connectivity index (χ3v) is 5.43. The summed E-state index contributed by atoms with van der Waals surface area (Å²) >= 11 is 0. The number of aryl methyl sites for hydroxylation is 3. The Kier molecular flexibility index (Phi) is 6.46. The van der Waals surface area contributed by atoms with E-state index in [9.17, 15) is 4.79 Å². The topological polar surface area (TPSA) is 58.6 Å². The summed E-state index contributed by atoms with van der Waals surface area (Å²) in [5.41, 5.74) is 2.45. The van der Waals surface area contributed by atoms with E-state index in [1.54, 1.807) is 0 Å². The van der Waals surface area contributed by atoms with Gasteiger partial charge in [0.05, 0.1) is 0 Å². The summed E-state index contributed by atoms with van der Waals surface area (Å²) in [6.07, 6.45) is 1.33. The fourth-order valence-corrected chi connectivity index (χ4v) is 3.81. The van der Waals surface area contributed by atoms with Crippen molar-refractivity contribution in [3.63, 3.8) is 0 Å². The summed E-state index contributed by atoms with van der Waals surface area (Å²) in [5, 5.41) is 0. The monoisotopic (exact) mass is 416 g/mol. The molecule has 6 heteroatoms. The molecule has 0 radical (unpaired) electrons. The summed E-state index contributed by atoms with van der Waals surface area (Å²) in [7, 11) is 0. The molecule has 1 fully saturated rings. The molecule has 0 spiro atoms. The molecule has 160 valence electrons. The van der Waals surface area contributed by atoms with Gasteiger partial charge in [0.1, 0.15) is 17.4 Å². The van der Waals surface area contributed by atoms with Crippen molar-refractivity contribution in [2.24, 2.45) is 0 Å². The Bertz CT molecular complexity index is 1030. The molecule has 0 aliphatic carbocycles. The molecule has 2 aromatic carbocycles. The Balaban J connectivity index is 1.33. The van der Waals surface area contributed by atoms with Crippen LogP contribution in [0, 0.1) is 13.8 Å². The van der Waals surface area contributed by atoms with Crippen LogP contribution in [0.3, 0.4) is 0 Å². The highest BCUT2D eigenvalue weighted by Gasteiger charge is 2.22. The fraction of sp³-hybridized carbons (Fsp3) is 0.320. The number of carbonyl (C=O) groups is 1. The van der Waals surface area contributed by atoms with Crippen LogP contribution in [-0.2, 0) is 11.2 Å². The zero-order valence-electron chi connectivity index (χ0n) is 18.1. The predicted octanol–water partition coefficient (Wildman–Crippen LogP) is 4.17. The van der Waals surface area contributed by atoms with E-state index < -0.39 is 0 Å². The predicted molar refractivity (Wildman–Crippen MR) is 122 cm³/mol. The Morgan fingerprint density at radius 3 is 2.45 bits per heavy atom. The van der Waals surface area contributed by atoms with Gasteiger partial charge >= 0.3 is 0 Å². The number of hydrogen-bond acceptors (Lipinski definition) is 5. The maximum absolute atomic E-state index is 12.7. The lowest BCUT2D eigenvalue weighted by atomic mass is 10.1. The largest absolute Gasteiger partial charge is 0.439 e. The Morgan fingerprint density at radius 1 is 0.935 bits per heavy atom. The summed E-state index contributed by atoms with van der Waals surface area (Å²) in [5.74, 6) is 3.00. The SMILES string of the molecule is Cc1cccc(CCC(=O)N2CCN(c3cc(Oc4ccccc4)nc(C)n3)CC2)c1. The van der Waals surface area contributed by atoms with Gasteiger partial charge in [-0.1, -0.05) is 48.0 Å². The average Bonchev–Trinajstić information content (AvgIpc) is 2.78. The quantitative estimate of drug-likeness (QED) is 0.604. The third kappa shape index (κ3) is 5.60. The van der Waals surface area contributed by atoms with Gasteiger partial charge in [0, 0.05) is 38.7 Å². The van der Waals surface area contributed by atoms with Gasteiger partial charge in [0.25, 0.3) is 0 Å². The van der Waals surface area contributed by atoms with Crippen molar-refractivity contribution in [1.82, 2.24) is 14.9 Å². The van der Waals surface area contributed by atoms with Crippen molar-refractivity contribution in [3.8, 4) is 11.6 Å². The van der Waals surface area contributed by atoms with Crippen molar-refractivity contribution in [3.05, 3.63) is 77.6 Å². The van der Waals surface area contributed by atoms with Crippen LogP contribution in [-0.4, -0.2) is 47.0 Å². The van der Waals surface area contributed by atoms with Gasteiger partial charge in [-0.2, -0.15) is 4.98 Å². The molecule has 6 nitrogen and oxygen atoms in total. The first-order valence-corrected chi connectivity index (χ1v) is 10.7. The molecule has 0 unspecified atom stereocenters. The van der Waals surface area contributed by atoms with Crippen LogP contribution < -0.4 is 9.64 Å². The average molecular weight is 417 g/mol. The third-order valence-electron chi connectivity index (χ3n) is 5.43. The zero-order chi connectivity index (χ0) is 21.6. The fourth-order valence-electron chi connectivity index (χ4n) is 3.81. The van der Waals surface area contributed by atoms with E-state index in [-0.39, 0.29) is 5.91 Å². The van der Waals surface area contributed by atoms with Crippen LogP contribution in [0.4, 0.5) is 5.82 Å². The smallest absolute Gasteiger partial charge is 0.224 e. The number of anilines is 1. The van der Waals surface area contributed by atoms with Crippen molar-refractivity contribution in [1.29, 1.82) is 0 Å². The lowest BCUT2D eigenvalue weighted by Crippen LogP contribution is -2.49. The van der Waals surface area contributed by atoms with Crippen molar-refractivity contribution < 1.29 is 9.53 Å². The van der Waals surface area contributed by atoms with Gasteiger partial charge in [-0.05, 0) is 38.0 Å². The van der Waals surface area contributed by atoms with Crippen molar-refractivity contribution >= 4 is 11.7 Å². The molecule has 3 aromatic rings. The Labute approximate surface area is 183 Å². The number of aromatic nitrogens is 2. The highest BCUT2D eigenvalue weighted by molar-refractivity contribution is 5.76. The molecular weight excluding hydrogens is 388 g/mol. The number of ether oxygens (including phenoxy) is 1. The second kappa shape index (κ2) is 9.60. The maximum Gasteiger partial charge on any atom is 0.224 e. The molecule has 0 atom stereocenters. The van der Waals surface area contributed by atoms with E-state index in [4.69, 9.17) is 4.74 Å². The molecule has 0 N–H and O–H groups in total. The first kappa shape index (κ1) is 20.8. The van der Waals surface area contributed by atoms with Gasteiger partial charge in [-0.25, -0.2) is 4.98 Å². The van der Waals surface area contributed by atoms with E-state index in [1.165, 1.54) is 11.1 Å². The minimum absolute atomic E-state index is 0.216. The molecule has 0 bridgehead atoms. The van der Waals surface area contributed by atoms with E-state index in [0.29, 0.717) is 31.2 Å². The molecule has 4 rings (SSSR count). The lowest BCUT2D eigenvalue weighted by Gasteiger charge is -2.35. The Morgan fingerprint density at radius 2 is 1.71 bits per heavy atom. The second-order valence-corrected chi connectivity index (χ2v) is 7.88. The summed E-state index contributed by atoms with van der Waals surface area (Å²) < 4.78 is 5.89. The van der Waals surface area contributed by atoms with Crippen LogP contribution in [0.5, 0.6) is 11.6 Å². The molecule has 2 heterocycles. The normalized spacial score (nSPS) is 13.9. The number of hydrogen-bond donors (Lipinski definition) is 0. The molecule has 1 amide bonds. The molecular formula is C25H28N4O2. The number of para-hydroxylation sites is 1. The lowest BCUT2D eigenvalue weighted by molar-refractivity contribution is -0.131. The van der Waals surface area contributed by atoms with Gasteiger partial charge < -0.3 is 14.5 Å². The number of amides is 1.